The highest BCUT2D eigenvalue weighted by molar-refractivity contribution is 7.99. The van der Waals surface area contributed by atoms with Gasteiger partial charge in [-0.2, -0.15) is 13.2 Å². The number of halogens is 3. The number of pyridine rings is 1. The Labute approximate surface area is 224 Å². The summed E-state index contributed by atoms with van der Waals surface area (Å²) in [6.07, 6.45) is -0.930. The second-order valence-electron chi connectivity index (χ2n) is 8.68. The van der Waals surface area contributed by atoms with E-state index in [9.17, 15) is 22.8 Å². The van der Waals surface area contributed by atoms with E-state index in [-0.39, 0.29) is 12.1 Å². The molecule has 0 unspecified atom stereocenters. The highest BCUT2D eigenvalue weighted by atomic mass is 32.2. The van der Waals surface area contributed by atoms with Crippen LogP contribution in [0.4, 0.5) is 13.2 Å². The van der Waals surface area contributed by atoms with Crippen LogP contribution in [-0.2, 0) is 19.8 Å². The molecule has 198 valence electrons. The summed E-state index contributed by atoms with van der Waals surface area (Å²) in [7, 11) is 1.86. The van der Waals surface area contributed by atoms with Gasteiger partial charge in [0.05, 0.1) is 16.9 Å². The van der Waals surface area contributed by atoms with E-state index in [0.29, 0.717) is 43.9 Å². The number of rotatable bonds is 6. The second kappa shape index (κ2) is 10.4. The highest BCUT2D eigenvalue weighted by Gasteiger charge is 2.29. The molecule has 0 saturated heterocycles. The molecule has 0 aliphatic carbocycles. The van der Waals surface area contributed by atoms with Gasteiger partial charge < -0.3 is 9.88 Å². The van der Waals surface area contributed by atoms with E-state index in [1.54, 1.807) is 36.5 Å². The molecule has 0 aliphatic rings. The number of nitrogens with one attached hydrogen (secondary N) is 1. The molecule has 0 saturated carbocycles. The maximum absolute atomic E-state index is 12.9. The number of fused-ring (bicyclic) bond motifs is 1. The molecule has 2 aromatic carbocycles. The second-order valence-corrected chi connectivity index (χ2v) is 9.62. The van der Waals surface area contributed by atoms with Crippen LogP contribution in [0.2, 0.25) is 0 Å². The molecule has 1 N–H and O–H groups in total. The number of nitrogens with zero attached hydrogens (tertiary/aromatic N) is 5. The first-order valence-electron chi connectivity index (χ1n) is 11.7. The van der Waals surface area contributed by atoms with Crippen molar-refractivity contribution in [1.29, 1.82) is 0 Å². The van der Waals surface area contributed by atoms with Crippen molar-refractivity contribution >= 4 is 28.7 Å². The smallest absolute Gasteiger partial charge is 0.348 e. The van der Waals surface area contributed by atoms with E-state index < -0.39 is 17.6 Å². The molecule has 3 aromatic heterocycles. The van der Waals surface area contributed by atoms with Crippen LogP contribution >= 0.6 is 11.8 Å². The zero-order valence-electron chi connectivity index (χ0n) is 20.7. The molecule has 3 heterocycles. The summed E-state index contributed by atoms with van der Waals surface area (Å²) in [5.74, 6) is -0.404. The van der Waals surface area contributed by atoms with Crippen molar-refractivity contribution in [2.75, 3.05) is 0 Å². The van der Waals surface area contributed by atoms with Gasteiger partial charge in [0.15, 0.2) is 16.0 Å². The Morgan fingerprint density at radius 2 is 1.72 bits per heavy atom. The van der Waals surface area contributed by atoms with Crippen molar-refractivity contribution in [2.24, 2.45) is 7.05 Å². The lowest BCUT2D eigenvalue weighted by atomic mass is 10.1. The molecule has 5 rings (SSSR count). The molecule has 39 heavy (non-hydrogen) atoms. The largest absolute Gasteiger partial charge is 0.416 e. The van der Waals surface area contributed by atoms with Crippen molar-refractivity contribution < 1.29 is 18.0 Å². The van der Waals surface area contributed by atoms with E-state index in [1.165, 1.54) is 34.5 Å². The number of hydrogen-bond acceptors (Lipinski definition) is 6. The number of aromatic nitrogens is 5. The number of alkyl halides is 3. The summed E-state index contributed by atoms with van der Waals surface area (Å²) >= 11 is 1.28. The van der Waals surface area contributed by atoms with Gasteiger partial charge in [0, 0.05) is 43.0 Å². The van der Waals surface area contributed by atoms with E-state index in [1.807, 2.05) is 24.7 Å². The summed E-state index contributed by atoms with van der Waals surface area (Å²) in [5.41, 5.74) is 1.44. The molecule has 0 fully saturated rings. The molecule has 12 heteroatoms. The molecule has 0 bridgehead atoms. The van der Waals surface area contributed by atoms with Gasteiger partial charge in [-0.25, -0.2) is 15.0 Å². The Kier molecular flexibility index (Phi) is 6.96. The summed E-state index contributed by atoms with van der Waals surface area (Å²) in [6.45, 7) is 1.90. The van der Waals surface area contributed by atoms with Crippen LogP contribution in [0.1, 0.15) is 27.2 Å². The number of hydrogen-bond donors (Lipinski definition) is 1. The molecular formula is C27H21F3N6O2S. The third-order valence-electron chi connectivity index (χ3n) is 6.00. The average Bonchev–Trinajstić information content (AvgIpc) is 3.31. The van der Waals surface area contributed by atoms with E-state index in [0.717, 1.165) is 12.1 Å². The zero-order chi connectivity index (χ0) is 27.7. The van der Waals surface area contributed by atoms with Crippen LogP contribution in [0.5, 0.6) is 0 Å². The minimum Gasteiger partial charge on any atom is -0.348 e. The highest BCUT2D eigenvalue weighted by Crippen LogP contribution is 2.29. The van der Waals surface area contributed by atoms with Gasteiger partial charge in [0.2, 0.25) is 0 Å². The lowest BCUT2D eigenvalue weighted by Crippen LogP contribution is -2.23. The van der Waals surface area contributed by atoms with E-state index in [4.69, 9.17) is 0 Å². The third-order valence-corrected chi connectivity index (χ3v) is 6.94. The number of benzene rings is 2. The first kappa shape index (κ1) is 26.2. The SMILES string of the molecule is Cc1nc(Sc2nccn2C)nc2c1ccc(=O)n2-c1ccc(C(=O)NCc2ccc(C(F)(F)F)cc2)cc1. The Hall–Kier alpha value is -4.45. The number of amides is 1. The number of imidazole rings is 1. The van der Waals surface area contributed by atoms with Crippen molar-refractivity contribution in [1.82, 2.24) is 29.4 Å². The average molecular weight is 551 g/mol. The zero-order valence-corrected chi connectivity index (χ0v) is 21.5. The fraction of sp³-hybridized carbons (Fsp3) is 0.148. The molecule has 0 aliphatic heterocycles. The monoisotopic (exact) mass is 550 g/mol. The minimum absolute atomic E-state index is 0.0636. The van der Waals surface area contributed by atoms with Crippen molar-refractivity contribution in [3.63, 3.8) is 0 Å². The lowest BCUT2D eigenvalue weighted by Gasteiger charge is -2.12. The first-order chi connectivity index (χ1) is 18.6. The first-order valence-corrected chi connectivity index (χ1v) is 12.5. The topological polar surface area (TPSA) is 94.7 Å². The maximum atomic E-state index is 12.9. The van der Waals surface area contributed by atoms with Gasteiger partial charge in [-0.15, -0.1) is 0 Å². The molecule has 1 amide bonds. The van der Waals surface area contributed by atoms with Gasteiger partial charge in [-0.1, -0.05) is 12.1 Å². The van der Waals surface area contributed by atoms with Crippen molar-refractivity contribution in [2.45, 2.75) is 30.0 Å². The van der Waals surface area contributed by atoms with Gasteiger partial charge in [0.1, 0.15) is 0 Å². The quantitative estimate of drug-likeness (QED) is 0.302. The molecule has 8 nitrogen and oxygen atoms in total. The fourth-order valence-corrected chi connectivity index (χ4v) is 4.72. The van der Waals surface area contributed by atoms with Crippen LogP contribution in [-0.4, -0.2) is 30.0 Å². The summed E-state index contributed by atoms with van der Waals surface area (Å²) in [6, 6.07) is 14.1. The Morgan fingerprint density at radius 1 is 1.00 bits per heavy atom. The third kappa shape index (κ3) is 5.55. The number of carbonyl (C=O) groups excluding carboxylic acids is 1. The predicted molar refractivity (Wildman–Crippen MR) is 140 cm³/mol. The van der Waals surface area contributed by atoms with Crippen LogP contribution in [0, 0.1) is 6.92 Å². The molecular weight excluding hydrogens is 529 g/mol. The standard InChI is InChI=1S/C27H21F3N6O2S/c1-16-21-11-12-22(37)36(23(21)34-25(33-16)39-26-31-13-14-35(26)2)20-9-5-18(6-10-20)24(38)32-15-17-3-7-19(8-4-17)27(28,29)30/h3-14H,15H2,1-2H3,(H,32,38). The molecule has 0 atom stereocenters. The van der Waals surface area contributed by atoms with E-state index >= 15 is 0 Å². The lowest BCUT2D eigenvalue weighted by molar-refractivity contribution is -0.137. The van der Waals surface area contributed by atoms with Gasteiger partial charge in [-0.3, -0.25) is 14.2 Å². The van der Waals surface area contributed by atoms with Gasteiger partial charge in [-0.05, 0) is 66.7 Å². The van der Waals surface area contributed by atoms with Crippen LogP contribution in [0.25, 0.3) is 16.7 Å². The molecule has 5 aromatic rings. The Balaban J connectivity index is 1.38. The minimum atomic E-state index is -4.42. The van der Waals surface area contributed by atoms with Crippen LogP contribution in [0.15, 0.2) is 88.2 Å². The number of carbonyl (C=O) groups is 1. The van der Waals surface area contributed by atoms with E-state index in [2.05, 4.69) is 20.3 Å². The Morgan fingerprint density at radius 3 is 2.36 bits per heavy atom. The summed E-state index contributed by atoms with van der Waals surface area (Å²) < 4.78 is 41.5. The maximum Gasteiger partial charge on any atom is 0.416 e. The van der Waals surface area contributed by atoms with Crippen molar-refractivity contribution in [3.05, 3.63) is 106 Å². The fourth-order valence-electron chi connectivity index (χ4n) is 3.93. The summed E-state index contributed by atoms with van der Waals surface area (Å²) in [5, 5.41) is 4.54. The predicted octanol–water partition coefficient (Wildman–Crippen LogP) is 4.92. The molecule has 0 radical (unpaired) electrons. The van der Waals surface area contributed by atoms with Crippen molar-refractivity contribution in [3.8, 4) is 5.69 Å². The number of aryl methyl sites for hydroxylation is 2. The van der Waals surface area contributed by atoms with Gasteiger partial charge >= 0.3 is 6.18 Å². The molecule has 0 spiro atoms. The normalized spacial score (nSPS) is 11.6. The summed E-state index contributed by atoms with van der Waals surface area (Å²) in [4.78, 5) is 39.1. The van der Waals surface area contributed by atoms with Gasteiger partial charge in [0.25, 0.3) is 11.5 Å². The van der Waals surface area contributed by atoms with Crippen LogP contribution < -0.4 is 10.9 Å². The Bertz CT molecular complexity index is 1730. The van der Waals surface area contributed by atoms with Crippen LogP contribution in [0.3, 0.4) is 0 Å².